The molecule has 0 aliphatic carbocycles. The molecule has 3 rings (SSSR count). The highest BCUT2D eigenvalue weighted by atomic mass is 79.9. The summed E-state index contributed by atoms with van der Waals surface area (Å²) in [5, 5.41) is 0. The van der Waals surface area contributed by atoms with E-state index in [1.165, 1.54) is 54.1 Å². The van der Waals surface area contributed by atoms with Gasteiger partial charge in [0.15, 0.2) is 0 Å². The quantitative estimate of drug-likeness (QED) is 0.169. The van der Waals surface area contributed by atoms with E-state index >= 15 is 0 Å². The van der Waals surface area contributed by atoms with Gasteiger partial charge in [0.05, 0.1) is 0 Å². The maximum atomic E-state index is 4.43. The molecule has 2 heteroatoms. The van der Waals surface area contributed by atoms with E-state index < -0.39 is 6.69 Å². The van der Waals surface area contributed by atoms with Crippen LogP contribution in [0.5, 0.6) is 0 Å². The summed E-state index contributed by atoms with van der Waals surface area (Å²) < 4.78 is 0. The summed E-state index contributed by atoms with van der Waals surface area (Å²) in [6.07, 6.45) is 3.84. The first-order chi connectivity index (χ1) is 15.5. The van der Waals surface area contributed by atoms with Gasteiger partial charge in [-0.2, -0.15) is 0 Å². The number of rotatable bonds is 12. The van der Waals surface area contributed by atoms with E-state index in [2.05, 4.69) is 127 Å². The predicted molar refractivity (Wildman–Crippen MR) is 148 cm³/mol. The van der Waals surface area contributed by atoms with E-state index in [1.807, 2.05) is 0 Å². The monoisotopic (exact) mass is 506 g/mol. The lowest BCUT2D eigenvalue weighted by Gasteiger charge is -2.29. The Kier molecular flexibility index (Phi) is 9.81. The van der Waals surface area contributed by atoms with Crippen molar-refractivity contribution in [3.63, 3.8) is 0 Å². The predicted octanol–water partition coefficient (Wildman–Crippen LogP) is 9.91. The zero-order valence-corrected chi connectivity index (χ0v) is 22.6. The molecule has 3 aromatic rings. The molecule has 0 bridgehead atoms. The van der Waals surface area contributed by atoms with Gasteiger partial charge in [0, 0.05) is 0 Å². The second-order valence-corrected chi connectivity index (χ2v) is 18.6. The molecule has 0 spiro atoms. The van der Waals surface area contributed by atoms with Gasteiger partial charge in [-0.05, 0) is 71.8 Å². The van der Waals surface area contributed by atoms with Crippen molar-refractivity contribution in [3.05, 3.63) is 108 Å². The molecule has 170 valence electrons. The van der Waals surface area contributed by atoms with Crippen LogP contribution in [0.2, 0.25) is 18.1 Å². The molecule has 3 atom stereocenters. The van der Waals surface area contributed by atoms with E-state index in [4.69, 9.17) is 0 Å². The van der Waals surface area contributed by atoms with E-state index in [1.54, 1.807) is 0 Å². The fourth-order valence-corrected chi connectivity index (χ4v) is 10.3. The Hall–Kier alpha value is -1.64. The average Bonchev–Trinajstić information content (AvgIpc) is 2.86. The third kappa shape index (κ3) is 7.74. The van der Waals surface area contributed by atoms with Crippen molar-refractivity contribution in [3.8, 4) is 0 Å². The highest BCUT2D eigenvalue weighted by Crippen LogP contribution is 2.39. The number of benzene rings is 3. The van der Waals surface area contributed by atoms with Crippen LogP contribution in [-0.4, -0.2) is 6.69 Å². The molecule has 0 aromatic heterocycles. The minimum absolute atomic E-state index is 0.624. The smallest absolute Gasteiger partial charge is 0.126 e. The lowest BCUT2D eigenvalue weighted by atomic mass is 9.99. The van der Waals surface area contributed by atoms with Crippen molar-refractivity contribution in [2.45, 2.75) is 75.9 Å². The van der Waals surface area contributed by atoms with Crippen LogP contribution in [0.15, 0.2) is 91.0 Å². The molecule has 0 N–H and O–H groups in total. The molecule has 0 saturated heterocycles. The fourth-order valence-electron chi connectivity index (χ4n) is 4.65. The number of hydrogen-bond donors (Lipinski definition) is 0. The zero-order chi connectivity index (χ0) is 22.8. The van der Waals surface area contributed by atoms with Crippen molar-refractivity contribution in [2.75, 3.05) is 0 Å². The van der Waals surface area contributed by atoms with Crippen LogP contribution in [0.1, 0.15) is 74.5 Å². The van der Waals surface area contributed by atoms with Gasteiger partial charge in [-0.15, -0.1) is 15.3 Å². The summed E-state index contributed by atoms with van der Waals surface area (Å²) in [6, 6.07) is 37.2. The number of halogens is 1. The Morgan fingerprint density at radius 2 is 0.750 bits per heavy atom. The summed E-state index contributed by atoms with van der Waals surface area (Å²) >= 11 is 4.43. The second-order valence-electron chi connectivity index (χ2n) is 9.70. The normalized spacial score (nSPS) is 16.1. The molecule has 0 heterocycles. The fraction of sp³-hybridized carbons (Fsp3) is 0.400. The van der Waals surface area contributed by atoms with Crippen molar-refractivity contribution in [1.82, 2.24) is 0 Å². The SMILES string of the molecule is CC(CC[Si](Br)(CCC(C)c1ccccc1)CCC(C)c1ccccc1)c1ccccc1. The highest BCUT2D eigenvalue weighted by molar-refractivity contribution is 9.26. The van der Waals surface area contributed by atoms with Gasteiger partial charge in [0.25, 0.3) is 0 Å². The number of hydrogen-bond acceptors (Lipinski definition) is 0. The zero-order valence-electron chi connectivity index (χ0n) is 20.0. The largest absolute Gasteiger partial charge is 0.130 e. The van der Waals surface area contributed by atoms with E-state index in [0.717, 1.165) is 0 Å². The Morgan fingerprint density at radius 3 is 1.00 bits per heavy atom. The van der Waals surface area contributed by atoms with Gasteiger partial charge in [0.1, 0.15) is 6.69 Å². The van der Waals surface area contributed by atoms with Crippen LogP contribution in [-0.2, 0) is 0 Å². The lowest BCUT2D eigenvalue weighted by molar-refractivity contribution is 0.686. The minimum atomic E-state index is -1.52. The third-order valence-electron chi connectivity index (χ3n) is 7.18. The maximum absolute atomic E-state index is 4.43. The second kappa shape index (κ2) is 12.6. The van der Waals surface area contributed by atoms with Crippen LogP contribution in [0, 0.1) is 0 Å². The minimum Gasteiger partial charge on any atom is -0.126 e. The van der Waals surface area contributed by atoms with Gasteiger partial charge in [0.2, 0.25) is 0 Å². The van der Waals surface area contributed by atoms with Gasteiger partial charge in [-0.25, -0.2) is 0 Å². The molecule has 0 saturated carbocycles. The average molecular weight is 508 g/mol. The molecule has 3 unspecified atom stereocenters. The molecular formula is C30H39BrSi. The first kappa shape index (κ1) is 25.0. The van der Waals surface area contributed by atoms with Crippen molar-refractivity contribution < 1.29 is 0 Å². The molecule has 32 heavy (non-hydrogen) atoms. The van der Waals surface area contributed by atoms with Crippen molar-refractivity contribution in [2.24, 2.45) is 0 Å². The van der Waals surface area contributed by atoms with Crippen LogP contribution < -0.4 is 0 Å². The van der Waals surface area contributed by atoms with Gasteiger partial charge in [-0.1, -0.05) is 112 Å². The van der Waals surface area contributed by atoms with Crippen LogP contribution in [0.4, 0.5) is 0 Å². The van der Waals surface area contributed by atoms with Gasteiger partial charge >= 0.3 is 0 Å². The summed E-state index contributed by atoms with van der Waals surface area (Å²) in [5.41, 5.74) is 4.44. The molecule has 3 aromatic carbocycles. The Bertz CT molecular complexity index is 773. The van der Waals surface area contributed by atoms with Crippen LogP contribution in [0.25, 0.3) is 0 Å². The Morgan fingerprint density at radius 1 is 0.500 bits per heavy atom. The molecule has 0 aliphatic heterocycles. The summed E-state index contributed by atoms with van der Waals surface area (Å²) in [7, 11) is 0. The van der Waals surface area contributed by atoms with Crippen LogP contribution >= 0.6 is 15.3 Å². The van der Waals surface area contributed by atoms with E-state index in [-0.39, 0.29) is 0 Å². The van der Waals surface area contributed by atoms with Crippen LogP contribution in [0.3, 0.4) is 0 Å². The summed E-state index contributed by atoms with van der Waals surface area (Å²) in [4.78, 5) is 0. The Balaban J connectivity index is 1.64. The lowest BCUT2D eigenvalue weighted by Crippen LogP contribution is -2.27. The maximum Gasteiger partial charge on any atom is 0.130 e. The van der Waals surface area contributed by atoms with Crippen molar-refractivity contribution in [1.29, 1.82) is 0 Å². The molecule has 0 aliphatic rings. The van der Waals surface area contributed by atoms with Gasteiger partial charge < -0.3 is 0 Å². The van der Waals surface area contributed by atoms with Crippen molar-refractivity contribution >= 4 is 22.0 Å². The first-order valence-electron chi connectivity index (χ1n) is 12.3. The molecule has 0 radical (unpaired) electrons. The molecule has 0 amide bonds. The standard InChI is InChI=1S/C30H39BrSi/c1-25(28-13-7-4-8-14-28)19-22-32(31,23-20-26(2)29-15-9-5-10-16-29)24-21-27(3)30-17-11-6-12-18-30/h4-18,25-27H,19-24H2,1-3H3. The summed E-state index contributed by atoms with van der Waals surface area (Å²) in [6.45, 7) is 5.67. The first-order valence-corrected chi connectivity index (χ1v) is 17.2. The van der Waals surface area contributed by atoms with E-state index in [9.17, 15) is 0 Å². The summed E-state index contributed by atoms with van der Waals surface area (Å²) in [5.74, 6) is 1.87. The highest BCUT2D eigenvalue weighted by Gasteiger charge is 2.31. The molecular weight excluding hydrogens is 468 g/mol. The molecule has 0 nitrogen and oxygen atoms in total. The third-order valence-corrected chi connectivity index (χ3v) is 14.3. The van der Waals surface area contributed by atoms with E-state index in [0.29, 0.717) is 17.8 Å². The topological polar surface area (TPSA) is 0 Å². The Labute approximate surface area is 205 Å². The van der Waals surface area contributed by atoms with Gasteiger partial charge in [-0.3, -0.25) is 0 Å². The molecule has 0 fully saturated rings.